The van der Waals surface area contributed by atoms with E-state index < -0.39 is 0 Å². The van der Waals surface area contributed by atoms with Gasteiger partial charge in [-0.3, -0.25) is 0 Å². The van der Waals surface area contributed by atoms with Crippen LogP contribution in [-0.2, 0) is 0 Å². The third kappa shape index (κ3) is 1.90. The van der Waals surface area contributed by atoms with Crippen molar-refractivity contribution >= 4 is 11.3 Å². The molecule has 1 heterocycles. The van der Waals surface area contributed by atoms with E-state index in [1.807, 2.05) is 6.07 Å². The molecule has 0 bridgehead atoms. The highest BCUT2D eigenvalue weighted by Crippen LogP contribution is 2.33. The minimum atomic E-state index is 0.925. The Morgan fingerprint density at radius 1 is 1.20 bits per heavy atom. The lowest BCUT2D eigenvalue weighted by Gasteiger charge is -2.10. The first kappa shape index (κ1) is 10.2. The van der Waals surface area contributed by atoms with Gasteiger partial charge in [-0.2, -0.15) is 0 Å². The van der Waals surface area contributed by atoms with E-state index in [2.05, 4.69) is 37.4 Å². The second-order valence-electron chi connectivity index (χ2n) is 3.55. The van der Waals surface area contributed by atoms with Gasteiger partial charge in [-0.05, 0) is 54.8 Å². The predicted octanol–water partition coefficient (Wildman–Crippen LogP) is 3.84. The smallest absolute Gasteiger partial charge is 0.119 e. The van der Waals surface area contributed by atoms with E-state index in [1.165, 1.54) is 21.6 Å². The van der Waals surface area contributed by atoms with Gasteiger partial charge in [0.05, 0.1) is 7.11 Å². The largest absolute Gasteiger partial charge is 0.497 e. The second kappa shape index (κ2) is 4.07. The Hall–Kier alpha value is -1.28. The number of ether oxygens (including phenoxy) is 1. The molecule has 0 aliphatic heterocycles. The molecule has 77 valence electrons. The fourth-order valence-corrected chi connectivity index (χ4v) is 2.63. The molecule has 2 rings (SSSR count). The summed E-state index contributed by atoms with van der Waals surface area (Å²) in [5.74, 6) is 0.925. The molecule has 0 amide bonds. The monoisotopic (exact) mass is 217 g/mol. The average Bonchev–Trinajstić information content (AvgIpc) is 2.69. The molecule has 15 heavy (non-hydrogen) atoms. The molecule has 0 atom stereocenters. The maximum atomic E-state index is 5.24. The van der Waals surface area contributed by atoms with Crippen LogP contribution in [0.3, 0.4) is 0 Å². The van der Waals surface area contributed by atoms with Crippen LogP contribution in [0.4, 0.5) is 0 Å². The summed E-state index contributed by atoms with van der Waals surface area (Å²) in [4.78, 5) is 1.27. The Bertz CT molecular complexity index is 434. The van der Waals surface area contributed by atoms with Gasteiger partial charge < -0.3 is 4.74 Å². The van der Waals surface area contributed by atoms with Crippen molar-refractivity contribution in [3.8, 4) is 16.2 Å². The number of rotatable bonds is 2. The minimum absolute atomic E-state index is 0.925. The number of hydrogen-bond acceptors (Lipinski definition) is 2. The van der Waals surface area contributed by atoms with E-state index in [0.717, 1.165) is 5.75 Å². The molecular weight excluding hydrogens is 204 g/mol. The minimum Gasteiger partial charge on any atom is -0.497 e. The zero-order chi connectivity index (χ0) is 10.8. The molecular formula is C13H13OS. The Morgan fingerprint density at radius 2 is 1.87 bits per heavy atom. The number of benzene rings is 1. The summed E-state index contributed by atoms with van der Waals surface area (Å²) in [6.45, 7) is 4.23. The second-order valence-corrected chi connectivity index (χ2v) is 4.43. The van der Waals surface area contributed by atoms with Gasteiger partial charge in [-0.1, -0.05) is 0 Å². The quantitative estimate of drug-likeness (QED) is 0.742. The first-order valence-corrected chi connectivity index (χ1v) is 5.65. The Kier molecular flexibility index (Phi) is 2.78. The third-order valence-electron chi connectivity index (χ3n) is 2.46. The molecule has 0 N–H and O–H groups in total. The molecule has 0 aliphatic carbocycles. The SMILES string of the molecule is COc1cc(C)c(-c2cc[c]s2)c(C)c1. The van der Waals surface area contributed by atoms with Crippen LogP contribution >= 0.6 is 11.3 Å². The summed E-state index contributed by atoms with van der Waals surface area (Å²) in [7, 11) is 1.70. The summed E-state index contributed by atoms with van der Waals surface area (Å²) < 4.78 is 5.24. The summed E-state index contributed by atoms with van der Waals surface area (Å²) in [6, 6.07) is 8.21. The molecule has 2 heteroatoms. The molecule has 2 aromatic rings. The topological polar surface area (TPSA) is 9.23 Å². The van der Waals surface area contributed by atoms with Crippen LogP contribution in [0.15, 0.2) is 24.3 Å². The van der Waals surface area contributed by atoms with Crippen LogP contribution in [0.25, 0.3) is 10.4 Å². The van der Waals surface area contributed by atoms with Crippen molar-refractivity contribution in [2.75, 3.05) is 7.11 Å². The van der Waals surface area contributed by atoms with Gasteiger partial charge in [0, 0.05) is 10.3 Å². The predicted molar refractivity (Wildman–Crippen MR) is 64.6 cm³/mol. The van der Waals surface area contributed by atoms with Crippen molar-refractivity contribution in [2.45, 2.75) is 13.8 Å². The van der Waals surface area contributed by atoms with Crippen molar-refractivity contribution in [3.05, 3.63) is 40.8 Å². The van der Waals surface area contributed by atoms with Crippen LogP contribution < -0.4 is 4.74 Å². The van der Waals surface area contributed by atoms with Gasteiger partial charge in [0.1, 0.15) is 5.75 Å². The Morgan fingerprint density at radius 3 is 2.33 bits per heavy atom. The fraction of sp³-hybridized carbons (Fsp3) is 0.231. The van der Waals surface area contributed by atoms with Gasteiger partial charge in [0.2, 0.25) is 0 Å². The summed E-state index contributed by atoms with van der Waals surface area (Å²) >= 11 is 1.65. The van der Waals surface area contributed by atoms with Gasteiger partial charge in [0.15, 0.2) is 0 Å². The molecule has 1 radical (unpaired) electrons. The van der Waals surface area contributed by atoms with E-state index in [1.54, 1.807) is 18.4 Å². The summed E-state index contributed by atoms with van der Waals surface area (Å²) in [5.41, 5.74) is 3.81. The highest BCUT2D eigenvalue weighted by Gasteiger charge is 2.08. The van der Waals surface area contributed by atoms with E-state index >= 15 is 0 Å². The van der Waals surface area contributed by atoms with E-state index in [-0.39, 0.29) is 0 Å². The standard InChI is InChI=1S/C13H13OS/c1-9-7-11(14-3)8-10(2)13(9)12-5-4-6-15-12/h4-5,7-8H,1-3H3. The van der Waals surface area contributed by atoms with Crippen molar-refractivity contribution in [1.29, 1.82) is 0 Å². The Labute approximate surface area is 94.3 Å². The van der Waals surface area contributed by atoms with Crippen molar-refractivity contribution in [1.82, 2.24) is 0 Å². The molecule has 1 aromatic heterocycles. The highest BCUT2D eigenvalue weighted by molar-refractivity contribution is 7.13. The Balaban J connectivity index is 2.58. The molecule has 0 fully saturated rings. The van der Waals surface area contributed by atoms with Crippen LogP contribution in [0, 0.1) is 19.2 Å². The van der Waals surface area contributed by atoms with Crippen LogP contribution in [0.2, 0.25) is 0 Å². The molecule has 0 saturated carbocycles. The number of thiophene rings is 1. The van der Waals surface area contributed by atoms with Crippen molar-refractivity contribution in [3.63, 3.8) is 0 Å². The molecule has 1 nitrogen and oxygen atoms in total. The van der Waals surface area contributed by atoms with E-state index in [4.69, 9.17) is 4.74 Å². The van der Waals surface area contributed by atoms with Crippen molar-refractivity contribution < 1.29 is 4.74 Å². The fourth-order valence-electron chi connectivity index (χ4n) is 1.81. The molecule has 0 unspecified atom stereocenters. The van der Waals surface area contributed by atoms with Crippen LogP contribution in [-0.4, -0.2) is 7.11 Å². The number of hydrogen-bond donors (Lipinski definition) is 0. The van der Waals surface area contributed by atoms with Gasteiger partial charge >= 0.3 is 0 Å². The first-order valence-electron chi connectivity index (χ1n) is 4.84. The zero-order valence-electron chi connectivity index (χ0n) is 9.13. The summed E-state index contributed by atoms with van der Waals surface area (Å²) in [5, 5.41) is 3.12. The molecule has 0 spiro atoms. The molecule has 1 aromatic carbocycles. The van der Waals surface area contributed by atoms with Crippen molar-refractivity contribution in [2.24, 2.45) is 0 Å². The first-order chi connectivity index (χ1) is 7.22. The van der Waals surface area contributed by atoms with Gasteiger partial charge in [-0.15, -0.1) is 11.3 Å². The number of aryl methyl sites for hydroxylation is 2. The summed E-state index contributed by atoms with van der Waals surface area (Å²) in [6.07, 6.45) is 0. The molecule has 0 saturated heterocycles. The maximum absolute atomic E-state index is 5.24. The normalized spacial score (nSPS) is 10.3. The number of methoxy groups -OCH3 is 1. The van der Waals surface area contributed by atoms with Gasteiger partial charge in [-0.25, -0.2) is 0 Å². The lowest BCUT2D eigenvalue weighted by atomic mass is 10.0. The lowest BCUT2D eigenvalue weighted by molar-refractivity contribution is 0.414. The van der Waals surface area contributed by atoms with Crippen LogP contribution in [0.5, 0.6) is 5.75 Å². The maximum Gasteiger partial charge on any atom is 0.119 e. The third-order valence-corrected chi connectivity index (χ3v) is 3.27. The van der Waals surface area contributed by atoms with E-state index in [9.17, 15) is 0 Å². The highest BCUT2D eigenvalue weighted by atomic mass is 32.1. The van der Waals surface area contributed by atoms with Gasteiger partial charge in [0.25, 0.3) is 0 Å². The lowest BCUT2D eigenvalue weighted by Crippen LogP contribution is -1.90. The zero-order valence-corrected chi connectivity index (χ0v) is 9.94. The van der Waals surface area contributed by atoms with E-state index in [0.29, 0.717) is 0 Å². The molecule has 0 aliphatic rings. The average molecular weight is 217 g/mol. The van der Waals surface area contributed by atoms with Crippen LogP contribution in [0.1, 0.15) is 11.1 Å².